The minimum Gasteiger partial charge on any atom is -0.493 e. The highest BCUT2D eigenvalue weighted by atomic mass is 32.1. The van der Waals surface area contributed by atoms with E-state index >= 15 is 0 Å². The van der Waals surface area contributed by atoms with Gasteiger partial charge in [0.15, 0.2) is 16.6 Å². The maximum Gasteiger partial charge on any atom is 0.263 e. The minimum absolute atomic E-state index is 0.149. The van der Waals surface area contributed by atoms with E-state index in [0.717, 1.165) is 17.7 Å². The van der Waals surface area contributed by atoms with Gasteiger partial charge in [0.25, 0.3) is 5.91 Å². The average Bonchev–Trinajstić information content (AvgIpc) is 3.13. The molecule has 1 unspecified atom stereocenters. The molecular formula is C23H27N3O3S. The van der Waals surface area contributed by atoms with Crippen LogP contribution >= 0.6 is 11.3 Å². The van der Waals surface area contributed by atoms with Gasteiger partial charge in [-0.25, -0.2) is 4.98 Å². The van der Waals surface area contributed by atoms with E-state index in [1.165, 1.54) is 16.9 Å². The normalized spacial score (nSPS) is 11.6. The number of hydrogen-bond donors (Lipinski definition) is 2. The second kappa shape index (κ2) is 9.63. The van der Waals surface area contributed by atoms with Crippen molar-refractivity contribution in [1.29, 1.82) is 0 Å². The van der Waals surface area contributed by atoms with Crippen molar-refractivity contribution in [2.24, 2.45) is 0 Å². The summed E-state index contributed by atoms with van der Waals surface area (Å²) in [5.74, 6) is 1.14. The van der Waals surface area contributed by atoms with Crippen molar-refractivity contribution in [3.8, 4) is 11.5 Å². The monoisotopic (exact) mass is 425 g/mol. The number of nitrogens with one attached hydrogen (secondary N) is 2. The number of aromatic nitrogens is 1. The molecular weight excluding hydrogens is 398 g/mol. The van der Waals surface area contributed by atoms with Crippen LogP contribution in [-0.4, -0.2) is 25.1 Å². The predicted octanol–water partition coefficient (Wildman–Crippen LogP) is 5.27. The lowest BCUT2D eigenvalue weighted by Crippen LogP contribution is -2.26. The van der Waals surface area contributed by atoms with Crippen LogP contribution in [-0.2, 0) is 6.42 Å². The molecule has 3 aromatic rings. The van der Waals surface area contributed by atoms with Crippen LogP contribution in [0.2, 0.25) is 0 Å². The zero-order valence-corrected chi connectivity index (χ0v) is 18.7. The Balaban J connectivity index is 1.74. The summed E-state index contributed by atoms with van der Waals surface area (Å²) >= 11 is 1.35. The van der Waals surface area contributed by atoms with Gasteiger partial charge in [-0.3, -0.25) is 4.79 Å². The number of thiazole rings is 1. The number of anilines is 2. The second-order valence-electron chi connectivity index (χ2n) is 6.88. The molecule has 0 saturated carbocycles. The Labute approximate surface area is 181 Å². The Bertz CT molecular complexity index is 1030. The summed E-state index contributed by atoms with van der Waals surface area (Å²) in [6.07, 6.45) is 0.920. The van der Waals surface area contributed by atoms with E-state index in [1.54, 1.807) is 14.2 Å². The van der Waals surface area contributed by atoms with Gasteiger partial charge in [0.2, 0.25) is 0 Å². The number of carbonyl (C=O) groups is 1. The highest BCUT2D eigenvalue weighted by molar-refractivity contribution is 7.17. The summed E-state index contributed by atoms with van der Waals surface area (Å²) in [5, 5.41) is 7.10. The maximum atomic E-state index is 12.9. The van der Waals surface area contributed by atoms with Crippen LogP contribution in [0.1, 0.15) is 46.4 Å². The minimum atomic E-state index is -0.198. The standard InChI is InChI=1S/C23H27N3O3S/c1-6-16-9-7-8-10-18(16)26-23-25-15(3)21(30-23)22(27)24-14(2)17-11-12-19(28-4)20(13-17)29-5/h7-14H,6H2,1-5H3,(H,24,27)(H,25,26). The largest absolute Gasteiger partial charge is 0.493 e. The van der Waals surface area contributed by atoms with Crippen LogP contribution in [0.25, 0.3) is 0 Å². The lowest BCUT2D eigenvalue weighted by atomic mass is 10.1. The van der Waals surface area contributed by atoms with E-state index in [9.17, 15) is 4.79 Å². The maximum absolute atomic E-state index is 12.9. The Morgan fingerprint density at radius 3 is 2.57 bits per heavy atom. The molecule has 1 amide bonds. The molecule has 2 aromatic carbocycles. The molecule has 30 heavy (non-hydrogen) atoms. The fraction of sp³-hybridized carbons (Fsp3) is 0.304. The van der Waals surface area contributed by atoms with Crippen LogP contribution in [0.3, 0.4) is 0 Å². The molecule has 1 heterocycles. The van der Waals surface area contributed by atoms with Crippen molar-refractivity contribution < 1.29 is 14.3 Å². The van der Waals surface area contributed by atoms with Crippen LogP contribution in [0.4, 0.5) is 10.8 Å². The molecule has 2 N–H and O–H groups in total. The van der Waals surface area contributed by atoms with Crippen molar-refractivity contribution in [2.75, 3.05) is 19.5 Å². The van der Waals surface area contributed by atoms with Gasteiger partial charge in [0.05, 0.1) is 26.0 Å². The van der Waals surface area contributed by atoms with Gasteiger partial charge in [0.1, 0.15) is 4.88 Å². The molecule has 0 spiro atoms. The Hall–Kier alpha value is -3.06. The molecule has 0 fully saturated rings. The van der Waals surface area contributed by atoms with E-state index in [-0.39, 0.29) is 11.9 Å². The van der Waals surface area contributed by atoms with Gasteiger partial charge in [0, 0.05) is 5.69 Å². The number of para-hydroxylation sites is 1. The van der Waals surface area contributed by atoms with Gasteiger partial charge >= 0.3 is 0 Å². The number of aryl methyl sites for hydroxylation is 2. The lowest BCUT2D eigenvalue weighted by Gasteiger charge is -2.16. The molecule has 158 valence electrons. The molecule has 6 nitrogen and oxygen atoms in total. The molecule has 0 aliphatic carbocycles. The summed E-state index contributed by atoms with van der Waals surface area (Å²) in [6, 6.07) is 13.5. The number of ether oxygens (including phenoxy) is 2. The number of rotatable bonds is 8. The number of methoxy groups -OCH3 is 2. The Morgan fingerprint density at radius 1 is 1.13 bits per heavy atom. The fourth-order valence-corrected chi connectivity index (χ4v) is 4.08. The Kier molecular flexibility index (Phi) is 6.95. The first-order valence-electron chi connectivity index (χ1n) is 9.82. The molecule has 0 saturated heterocycles. The average molecular weight is 426 g/mol. The zero-order valence-electron chi connectivity index (χ0n) is 17.9. The Morgan fingerprint density at radius 2 is 1.87 bits per heavy atom. The molecule has 1 aromatic heterocycles. The van der Waals surface area contributed by atoms with E-state index in [2.05, 4.69) is 28.6 Å². The highest BCUT2D eigenvalue weighted by Gasteiger charge is 2.19. The summed E-state index contributed by atoms with van der Waals surface area (Å²) in [5.41, 5.74) is 3.85. The molecule has 3 rings (SSSR count). The first-order chi connectivity index (χ1) is 14.5. The summed E-state index contributed by atoms with van der Waals surface area (Å²) < 4.78 is 10.6. The number of nitrogens with zero attached hydrogens (tertiary/aromatic N) is 1. The first kappa shape index (κ1) is 21.6. The topological polar surface area (TPSA) is 72.5 Å². The smallest absolute Gasteiger partial charge is 0.263 e. The molecule has 7 heteroatoms. The SMILES string of the molecule is CCc1ccccc1Nc1nc(C)c(C(=O)NC(C)c2ccc(OC)c(OC)c2)s1. The van der Waals surface area contributed by atoms with E-state index in [0.29, 0.717) is 27.2 Å². The van der Waals surface area contributed by atoms with Crippen LogP contribution < -0.4 is 20.1 Å². The molecule has 0 aliphatic rings. The third-order valence-corrected chi connectivity index (χ3v) is 5.97. The van der Waals surface area contributed by atoms with E-state index in [1.807, 2.05) is 50.2 Å². The quantitative estimate of drug-likeness (QED) is 0.515. The van der Waals surface area contributed by atoms with Gasteiger partial charge in [-0.2, -0.15) is 0 Å². The van der Waals surface area contributed by atoms with Gasteiger partial charge in [-0.05, 0) is 49.6 Å². The fourth-order valence-electron chi connectivity index (χ4n) is 3.19. The van der Waals surface area contributed by atoms with Gasteiger partial charge < -0.3 is 20.1 Å². The summed E-state index contributed by atoms with van der Waals surface area (Å²) in [6.45, 7) is 5.90. The molecule has 0 aliphatic heterocycles. The molecule has 0 radical (unpaired) electrons. The molecule has 1 atom stereocenters. The highest BCUT2D eigenvalue weighted by Crippen LogP contribution is 2.31. The zero-order chi connectivity index (χ0) is 21.7. The van der Waals surface area contributed by atoms with E-state index in [4.69, 9.17) is 9.47 Å². The number of hydrogen-bond acceptors (Lipinski definition) is 6. The van der Waals surface area contributed by atoms with Crippen molar-refractivity contribution in [1.82, 2.24) is 10.3 Å². The third kappa shape index (κ3) is 4.74. The van der Waals surface area contributed by atoms with Gasteiger partial charge in [-0.1, -0.05) is 42.5 Å². The third-order valence-electron chi connectivity index (χ3n) is 4.90. The number of carbonyl (C=O) groups excluding carboxylic acids is 1. The summed E-state index contributed by atoms with van der Waals surface area (Å²) in [4.78, 5) is 18.0. The number of benzene rings is 2. The summed E-state index contributed by atoms with van der Waals surface area (Å²) in [7, 11) is 3.19. The van der Waals surface area contributed by atoms with Crippen molar-refractivity contribution >= 4 is 28.1 Å². The van der Waals surface area contributed by atoms with Crippen molar-refractivity contribution in [2.45, 2.75) is 33.2 Å². The van der Waals surface area contributed by atoms with Crippen LogP contribution in [0.5, 0.6) is 11.5 Å². The van der Waals surface area contributed by atoms with E-state index < -0.39 is 0 Å². The second-order valence-corrected chi connectivity index (χ2v) is 7.88. The van der Waals surface area contributed by atoms with Crippen LogP contribution in [0.15, 0.2) is 42.5 Å². The first-order valence-corrected chi connectivity index (χ1v) is 10.6. The lowest BCUT2D eigenvalue weighted by molar-refractivity contribution is 0.0943. The number of amides is 1. The van der Waals surface area contributed by atoms with Crippen molar-refractivity contribution in [3.05, 3.63) is 64.2 Å². The van der Waals surface area contributed by atoms with Crippen LogP contribution in [0, 0.1) is 6.92 Å². The predicted molar refractivity (Wildman–Crippen MR) is 121 cm³/mol. The van der Waals surface area contributed by atoms with Crippen molar-refractivity contribution in [3.63, 3.8) is 0 Å². The molecule has 0 bridgehead atoms. The van der Waals surface area contributed by atoms with Gasteiger partial charge in [-0.15, -0.1) is 0 Å².